The number of halogens is 1. The highest BCUT2D eigenvalue weighted by molar-refractivity contribution is 5.85. The molecule has 0 aliphatic heterocycles. The van der Waals surface area contributed by atoms with Crippen LogP contribution in [0.5, 0.6) is 11.5 Å². The Bertz CT molecular complexity index is 971. The minimum atomic E-state index is -0.442. The molecule has 4 rings (SSSR count). The van der Waals surface area contributed by atoms with E-state index in [2.05, 4.69) is 15.1 Å². The molecular weight excluding hydrogens is 392 g/mol. The number of hydrogen-bond acceptors (Lipinski definition) is 7. The van der Waals surface area contributed by atoms with Gasteiger partial charge in [-0.25, -0.2) is 0 Å². The highest BCUT2D eigenvalue weighted by Crippen LogP contribution is 2.37. The molecule has 1 fully saturated rings. The molecule has 0 atom stereocenters. The van der Waals surface area contributed by atoms with Gasteiger partial charge in [-0.05, 0) is 55.7 Å². The molecule has 2 N–H and O–H groups in total. The Hall–Kier alpha value is -2.90. The van der Waals surface area contributed by atoms with Gasteiger partial charge >= 0.3 is 0 Å². The number of ether oxygens (including phenoxy) is 2. The molecule has 29 heavy (non-hydrogen) atoms. The molecule has 3 aromatic rings. The fraction of sp³-hybridized carbons (Fsp3) is 0.286. The van der Waals surface area contributed by atoms with Gasteiger partial charge in [0.1, 0.15) is 18.1 Å². The number of benzene rings is 1. The van der Waals surface area contributed by atoms with Crippen LogP contribution in [0.3, 0.4) is 0 Å². The summed E-state index contributed by atoms with van der Waals surface area (Å²) in [6.07, 6.45) is 8.22. The molecule has 1 saturated carbocycles. The summed E-state index contributed by atoms with van der Waals surface area (Å²) in [5, 5.41) is 4.03. The van der Waals surface area contributed by atoms with Crippen molar-refractivity contribution in [3.05, 3.63) is 65.6 Å². The molecular formula is C21H23ClN4O3. The SMILES string of the molecule is COc1ccc(OCc2ccccn2)c(/C=C/c2nc(C3(N)CCC3)no2)c1.Cl. The summed E-state index contributed by atoms with van der Waals surface area (Å²) in [6.45, 7) is 0.369. The maximum atomic E-state index is 6.25. The Kier molecular flexibility index (Phi) is 6.51. The normalized spacial score (nSPS) is 14.8. The third-order valence-electron chi connectivity index (χ3n) is 4.86. The van der Waals surface area contributed by atoms with Crippen LogP contribution >= 0.6 is 12.4 Å². The predicted molar refractivity (Wildman–Crippen MR) is 112 cm³/mol. The van der Waals surface area contributed by atoms with Crippen molar-refractivity contribution in [3.63, 3.8) is 0 Å². The van der Waals surface area contributed by atoms with Crippen molar-refractivity contribution in [2.24, 2.45) is 5.73 Å². The molecule has 1 aliphatic carbocycles. The van der Waals surface area contributed by atoms with E-state index in [0.717, 1.165) is 36.3 Å². The van der Waals surface area contributed by atoms with Crippen molar-refractivity contribution in [1.82, 2.24) is 15.1 Å². The molecule has 0 radical (unpaired) electrons. The first-order valence-corrected chi connectivity index (χ1v) is 9.18. The monoisotopic (exact) mass is 414 g/mol. The predicted octanol–water partition coefficient (Wildman–Crippen LogP) is 3.98. The molecule has 2 aromatic heterocycles. The van der Waals surface area contributed by atoms with Crippen LogP contribution < -0.4 is 15.2 Å². The topological polar surface area (TPSA) is 96.3 Å². The first-order chi connectivity index (χ1) is 13.7. The van der Waals surface area contributed by atoms with Crippen LogP contribution in [0.1, 0.15) is 42.2 Å². The number of pyridine rings is 1. The van der Waals surface area contributed by atoms with Crippen molar-refractivity contribution in [3.8, 4) is 11.5 Å². The minimum absolute atomic E-state index is 0. The molecule has 0 saturated heterocycles. The fourth-order valence-electron chi connectivity index (χ4n) is 3.00. The number of nitrogens with two attached hydrogens (primary N) is 1. The van der Waals surface area contributed by atoms with Crippen molar-refractivity contribution in [1.29, 1.82) is 0 Å². The van der Waals surface area contributed by atoms with E-state index in [1.807, 2.05) is 42.5 Å². The number of rotatable bonds is 7. The summed E-state index contributed by atoms with van der Waals surface area (Å²) in [5.41, 5.74) is 7.49. The van der Waals surface area contributed by atoms with Crippen molar-refractivity contribution >= 4 is 24.6 Å². The van der Waals surface area contributed by atoms with Crippen LogP contribution in [0.15, 0.2) is 47.1 Å². The van der Waals surface area contributed by atoms with Gasteiger partial charge in [-0.2, -0.15) is 4.98 Å². The largest absolute Gasteiger partial charge is 0.497 e. The standard InChI is InChI=1S/C21H22N4O3.ClH/c1-26-17-7-8-18(27-14-16-5-2-3-12-23-16)15(13-17)6-9-19-24-20(25-28-19)21(22)10-4-11-21;/h2-3,5-9,12-13H,4,10-11,14,22H2,1H3;1H/b9-6+;. The molecule has 8 heteroatoms. The lowest BCUT2D eigenvalue weighted by Gasteiger charge is -2.34. The molecule has 0 spiro atoms. The van der Waals surface area contributed by atoms with Gasteiger partial charge in [-0.15, -0.1) is 12.4 Å². The van der Waals surface area contributed by atoms with Gasteiger partial charge in [-0.3, -0.25) is 4.98 Å². The van der Waals surface area contributed by atoms with Gasteiger partial charge in [-0.1, -0.05) is 11.2 Å². The zero-order valence-electron chi connectivity index (χ0n) is 16.1. The van der Waals surface area contributed by atoms with E-state index in [1.54, 1.807) is 19.4 Å². The molecule has 7 nitrogen and oxygen atoms in total. The van der Waals surface area contributed by atoms with Gasteiger partial charge in [0, 0.05) is 17.8 Å². The Morgan fingerprint density at radius 2 is 2.07 bits per heavy atom. The first-order valence-electron chi connectivity index (χ1n) is 9.18. The van der Waals surface area contributed by atoms with E-state index in [9.17, 15) is 0 Å². The molecule has 0 bridgehead atoms. The van der Waals surface area contributed by atoms with Gasteiger partial charge in [0.05, 0.1) is 18.3 Å². The minimum Gasteiger partial charge on any atom is -0.497 e. The zero-order valence-corrected chi connectivity index (χ0v) is 16.9. The van der Waals surface area contributed by atoms with E-state index in [1.165, 1.54) is 0 Å². The summed E-state index contributed by atoms with van der Waals surface area (Å²) in [5.74, 6) is 2.41. The number of aromatic nitrogens is 3. The summed E-state index contributed by atoms with van der Waals surface area (Å²) >= 11 is 0. The molecule has 0 amide bonds. The Morgan fingerprint density at radius 1 is 1.21 bits per heavy atom. The summed E-state index contributed by atoms with van der Waals surface area (Å²) in [6, 6.07) is 11.3. The maximum Gasteiger partial charge on any atom is 0.250 e. The lowest BCUT2D eigenvalue weighted by Crippen LogP contribution is -2.44. The third-order valence-corrected chi connectivity index (χ3v) is 4.86. The Balaban J connectivity index is 0.00000240. The van der Waals surface area contributed by atoms with Crippen LogP contribution in [0.2, 0.25) is 0 Å². The third kappa shape index (κ3) is 4.75. The lowest BCUT2D eigenvalue weighted by molar-refractivity contribution is 0.229. The Morgan fingerprint density at radius 3 is 2.76 bits per heavy atom. The summed E-state index contributed by atoms with van der Waals surface area (Å²) in [7, 11) is 1.63. The van der Waals surface area contributed by atoms with Crippen molar-refractivity contribution in [2.45, 2.75) is 31.4 Å². The second-order valence-corrected chi connectivity index (χ2v) is 6.81. The average Bonchev–Trinajstić information content (AvgIpc) is 3.19. The quantitative estimate of drug-likeness (QED) is 0.624. The van der Waals surface area contributed by atoms with E-state index < -0.39 is 5.54 Å². The highest BCUT2D eigenvalue weighted by Gasteiger charge is 2.38. The molecule has 2 heterocycles. The molecule has 0 unspecified atom stereocenters. The van der Waals surface area contributed by atoms with Crippen molar-refractivity contribution in [2.75, 3.05) is 7.11 Å². The van der Waals surface area contributed by atoms with E-state index in [-0.39, 0.29) is 12.4 Å². The van der Waals surface area contributed by atoms with Crippen LogP contribution in [-0.4, -0.2) is 22.2 Å². The van der Waals surface area contributed by atoms with Crippen LogP contribution in [0.4, 0.5) is 0 Å². The fourth-order valence-corrected chi connectivity index (χ4v) is 3.00. The molecule has 1 aliphatic rings. The first kappa shape index (κ1) is 20.8. The molecule has 152 valence electrons. The Labute approximate surface area is 175 Å². The summed E-state index contributed by atoms with van der Waals surface area (Å²) in [4.78, 5) is 8.69. The maximum absolute atomic E-state index is 6.25. The van der Waals surface area contributed by atoms with Gasteiger partial charge in [0.25, 0.3) is 5.89 Å². The van der Waals surface area contributed by atoms with Crippen LogP contribution in [0.25, 0.3) is 12.2 Å². The second kappa shape index (κ2) is 9.07. The second-order valence-electron chi connectivity index (χ2n) is 6.81. The summed E-state index contributed by atoms with van der Waals surface area (Å²) < 4.78 is 16.6. The van der Waals surface area contributed by atoms with Crippen LogP contribution in [-0.2, 0) is 12.1 Å². The molecule has 1 aromatic carbocycles. The van der Waals surface area contributed by atoms with E-state index in [4.69, 9.17) is 19.7 Å². The zero-order chi connectivity index (χ0) is 19.4. The smallest absolute Gasteiger partial charge is 0.250 e. The van der Waals surface area contributed by atoms with Gasteiger partial charge in [0.15, 0.2) is 5.82 Å². The lowest BCUT2D eigenvalue weighted by atomic mass is 9.77. The average molecular weight is 415 g/mol. The van der Waals surface area contributed by atoms with Gasteiger partial charge in [0.2, 0.25) is 0 Å². The number of hydrogen-bond donors (Lipinski definition) is 1. The van der Waals surface area contributed by atoms with Crippen LogP contribution in [0, 0.1) is 0 Å². The highest BCUT2D eigenvalue weighted by atomic mass is 35.5. The van der Waals surface area contributed by atoms with E-state index in [0.29, 0.717) is 24.1 Å². The number of methoxy groups -OCH3 is 1. The number of nitrogens with zero attached hydrogens (tertiary/aromatic N) is 3. The van der Waals surface area contributed by atoms with Gasteiger partial charge < -0.3 is 19.7 Å². The van der Waals surface area contributed by atoms with Crippen molar-refractivity contribution < 1.29 is 14.0 Å². The van der Waals surface area contributed by atoms with E-state index >= 15 is 0 Å².